The molecule has 0 radical (unpaired) electrons. The molecule has 0 saturated heterocycles. The fourth-order valence-electron chi connectivity index (χ4n) is 2.57. The van der Waals surface area contributed by atoms with E-state index in [1.165, 1.54) is 0 Å². The molecule has 0 aliphatic carbocycles. The van der Waals surface area contributed by atoms with E-state index < -0.39 is 16.6 Å². The van der Waals surface area contributed by atoms with Crippen LogP contribution in [-0.2, 0) is 0 Å². The summed E-state index contributed by atoms with van der Waals surface area (Å²) in [4.78, 5) is 27.2. The van der Waals surface area contributed by atoms with Crippen molar-refractivity contribution in [1.82, 2.24) is 4.98 Å². The Morgan fingerprint density at radius 3 is 2.64 bits per heavy atom. The van der Waals surface area contributed by atoms with Gasteiger partial charge < -0.3 is 5.32 Å². The highest BCUT2D eigenvalue weighted by Crippen LogP contribution is 2.24. The number of benzene rings is 2. The Morgan fingerprint density at radius 2 is 1.92 bits per heavy atom. The number of hydrogen-bond acceptors (Lipinski definition) is 4. The van der Waals surface area contributed by atoms with Gasteiger partial charge in [0.25, 0.3) is 11.6 Å². The van der Waals surface area contributed by atoms with Crippen LogP contribution in [0.25, 0.3) is 10.9 Å². The molecule has 126 valence electrons. The molecule has 7 heteroatoms. The van der Waals surface area contributed by atoms with Crippen LogP contribution >= 0.6 is 0 Å². The third-order valence-electron chi connectivity index (χ3n) is 3.75. The second-order valence-electron chi connectivity index (χ2n) is 5.71. The number of non-ortho nitro benzene ring substituents is 1. The van der Waals surface area contributed by atoms with Crippen molar-refractivity contribution in [1.29, 1.82) is 0 Å². The Hall–Kier alpha value is -3.35. The second-order valence-corrected chi connectivity index (χ2v) is 5.71. The number of anilines is 1. The molecule has 0 unspecified atom stereocenters. The summed E-state index contributed by atoms with van der Waals surface area (Å²) in [7, 11) is 0. The van der Waals surface area contributed by atoms with Gasteiger partial charge in [0.2, 0.25) is 0 Å². The van der Waals surface area contributed by atoms with E-state index in [0.29, 0.717) is 22.2 Å². The number of nitro groups is 1. The first kappa shape index (κ1) is 16.5. The number of nitrogens with zero attached hydrogens (tertiary/aromatic N) is 2. The molecule has 1 N–H and O–H groups in total. The molecule has 0 fully saturated rings. The molecule has 25 heavy (non-hydrogen) atoms. The van der Waals surface area contributed by atoms with Crippen LogP contribution in [0, 0.1) is 29.8 Å². The van der Waals surface area contributed by atoms with Crippen molar-refractivity contribution in [2.45, 2.75) is 13.8 Å². The topological polar surface area (TPSA) is 85.1 Å². The number of pyridine rings is 1. The molecular weight excluding hydrogens is 325 g/mol. The van der Waals surface area contributed by atoms with Crippen LogP contribution in [-0.4, -0.2) is 15.8 Å². The molecule has 0 aliphatic heterocycles. The molecule has 0 bridgehead atoms. The Kier molecular flexibility index (Phi) is 4.14. The summed E-state index contributed by atoms with van der Waals surface area (Å²) in [6, 6.07) is 10.1. The van der Waals surface area contributed by atoms with E-state index in [1.807, 2.05) is 25.1 Å². The Balaban J connectivity index is 2.05. The van der Waals surface area contributed by atoms with Gasteiger partial charge in [0.15, 0.2) is 0 Å². The van der Waals surface area contributed by atoms with Crippen LogP contribution in [0.1, 0.15) is 21.6 Å². The maximum absolute atomic E-state index is 13.9. The van der Waals surface area contributed by atoms with Crippen molar-refractivity contribution < 1.29 is 14.1 Å². The highest BCUT2D eigenvalue weighted by Gasteiger charge is 2.17. The largest absolute Gasteiger partial charge is 0.319 e. The summed E-state index contributed by atoms with van der Waals surface area (Å²) < 4.78 is 13.9. The van der Waals surface area contributed by atoms with Gasteiger partial charge in [-0.05, 0) is 38.1 Å². The highest BCUT2D eigenvalue weighted by atomic mass is 19.1. The number of amides is 1. The minimum absolute atomic E-state index is 0.241. The summed E-state index contributed by atoms with van der Waals surface area (Å²) in [5, 5.41) is 13.9. The lowest BCUT2D eigenvalue weighted by atomic mass is 10.0. The number of halogens is 1. The van der Waals surface area contributed by atoms with Gasteiger partial charge in [-0.2, -0.15) is 0 Å². The molecule has 1 aromatic heterocycles. The molecular formula is C18H14FN3O3. The van der Waals surface area contributed by atoms with Crippen LogP contribution in [0.2, 0.25) is 0 Å². The molecule has 2 aromatic carbocycles. The number of aryl methyl sites for hydroxylation is 2. The number of nitrogens with one attached hydrogen (secondary N) is 1. The molecule has 0 aliphatic rings. The summed E-state index contributed by atoms with van der Waals surface area (Å²) in [5.74, 6) is -1.30. The lowest BCUT2D eigenvalue weighted by Gasteiger charge is -2.10. The lowest BCUT2D eigenvalue weighted by molar-refractivity contribution is -0.384. The summed E-state index contributed by atoms with van der Waals surface area (Å²) in [6.07, 6.45) is 0. The monoisotopic (exact) mass is 339 g/mol. The molecule has 0 spiro atoms. The fraction of sp³-hybridized carbons (Fsp3) is 0.111. The van der Waals surface area contributed by atoms with E-state index >= 15 is 0 Å². The summed E-state index contributed by atoms with van der Waals surface area (Å²) >= 11 is 0. The van der Waals surface area contributed by atoms with Crippen LogP contribution in [0.15, 0.2) is 42.5 Å². The van der Waals surface area contributed by atoms with E-state index in [4.69, 9.17) is 0 Å². The van der Waals surface area contributed by atoms with E-state index in [-0.39, 0.29) is 11.4 Å². The zero-order valence-electron chi connectivity index (χ0n) is 13.5. The predicted molar refractivity (Wildman–Crippen MR) is 92.2 cm³/mol. The summed E-state index contributed by atoms with van der Waals surface area (Å²) in [5.41, 5.74) is 2.03. The smallest absolute Gasteiger partial charge is 0.271 e. The first-order valence-corrected chi connectivity index (χ1v) is 7.48. The van der Waals surface area contributed by atoms with Crippen LogP contribution in [0.3, 0.4) is 0 Å². The minimum Gasteiger partial charge on any atom is -0.319 e. The standard InChI is InChI=1S/C18H14FN3O3/c1-10-3-6-16-13(7-10)14(8-11(2)20-16)18(23)21-17-9-12(22(24)25)4-5-15(17)19/h3-9H,1-2H3,(H,21,23). The molecule has 0 atom stereocenters. The molecule has 3 aromatic rings. The molecule has 1 amide bonds. The lowest BCUT2D eigenvalue weighted by Crippen LogP contribution is -2.14. The Labute approximate surface area is 142 Å². The molecule has 1 heterocycles. The van der Waals surface area contributed by atoms with Crippen LogP contribution in [0.5, 0.6) is 0 Å². The predicted octanol–water partition coefficient (Wildman–Crippen LogP) is 4.15. The summed E-state index contributed by atoms with van der Waals surface area (Å²) in [6.45, 7) is 3.64. The number of aromatic nitrogens is 1. The van der Waals surface area contributed by atoms with E-state index in [2.05, 4.69) is 10.3 Å². The van der Waals surface area contributed by atoms with Crippen molar-refractivity contribution in [3.63, 3.8) is 0 Å². The van der Waals surface area contributed by atoms with Gasteiger partial charge in [-0.15, -0.1) is 0 Å². The molecule has 0 saturated carbocycles. The van der Waals surface area contributed by atoms with Crippen molar-refractivity contribution in [3.05, 3.63) is 75.2 Å². The molecule has 3 rings (SSSR count). The Morgan fingerprint density at radius 1 is 1.16 bits per heavy atom. The van der Waals surface area contributed by atoms with Gasteiger partial charge in [0.1, 0.15) is 5.82 Å². The Bertz CT molecular complexity index is 1020. The third-order valence-corrected chi connectivity index (χ3v) is 3.75. The van der Waals surface area contributed by atoms with Gasteiger partial charge in [0, 0.05) is 23.2 Å². The number of nitro benzene ring substituents is 1. The maximum atomic E-state index is 13.9. The van der Waals surface area contributed by atoms with Gasteiger partial charge >= 0.3 is 0 Å². The fourth-order valence-corrected chi connectivity index (χ4v) is 2.57. The highest BCUT2D eigenvalue weighted by molar-refractivity contribution is 6.12. The maximum Gasteiger partial charge on any atom is 0.271 e. The quantitative estimate of drug-likeness (QED) is 0.574. The van der Waals surface area contributed by atoms with Crippen LogP contribution in [0.4, 0.5) is 15.8 Å². The van der Waals surface area contributed by atoms with Gasteiger partial charge in [-0.1, -0.05) is 11.6 Å². The van der Waals surface area contributed by atoms with Crippen molar-refractivity contribution >= 4 is 28.2 Å². The van der Waals surface area contributed by atoms with Crippen LogP contribution < -0.4 is 5.32 Å². The average Bonchev–Trinajstić information content (AvgIpc) is 2.56. The van der Waals surface area contributed by atoms with E-state index in [0.717, 1.165) is 23.8 Å². The van der Waals surface area contributed by atoms with Gasteiger partial charge in [0.05, 0.1) is 21.7 Å². The number of hydrogen-bond donors (Lipinski definition) is 1. The number of rotatable bonds is 3. The molecule has 6 nitrogen and oxygen atoms in total. The zero-order valence-corrected chi connectivity index (χ0v) is 13.5. The first-order chi connectivity index (χ1) is 11.8. The van der Waals surface area contributed by atoms with E-state index in [1.54, 1.807) is 13.0 Å². The number of fused-ring (bicyclic) bond motifs is 1. The third kappa shape index (κ3) is 3.30. The zero-order chi connectivity index (χ0) is 18.1. The van der Waals surface area contributed by atoms with Crippen molar-refractivity contribution in [2.75, 3.05) is 5.32 Å². The van der Waals surface area contributed by atoms with Crippen molar-refractivity contribution in [2.24, 2.45) is 0 Å². The number of carbonyl (C=O) groups is 1. The normalized spacial score (nSPS) is 10.7. The van der Waals surface area contributed by atoms with E-state index in [9.17, 15) is 19.3 Å². The minimum atomic E-state index is -0.745. The van der Waals surface area contributed by atoms with Crippen molar-refractivity contribution in [3.8, 4) is 0 Å². The first-order valence-electron chi connectivity index (χ1n) is 7.48. The van der Waals surface area contributed by atoms with Gasteiger partial charge in [-0.3, -0.25) is 19.9 Å². The average molecular weight is 339 g/mol. The second kappa shape index (κ2) is 6.27. The van der Waals surface area contributed by atoms with Gasteiger partial charge in [-0.25, -0.2) is 4.39 Å². The number of carbonyl (C=O) groups excluding carboxylic acids is 1. The SMILES string of the molecule is Cc1ccc2nc(C)cc(C(=O)Nc3cc([N+](=O)[O-])ccc3F)c2c1.